The van der Waals surface area contributed by atoms with E-state index >= 15 is 0 Å². The predicted octanol–water partition coefficient (Wildman–Crippen LogP) is 5.57. The number of nitrogens with zero attached hydrogens (tertiary/aromatic N) is 1. The second-order valence-corrected chi connectivity index (χ2v) is 6.89. The van der Waals surface area contributed by atoms with Gasteiger partial charge < -0.3 is 10.1 Å². The lowest BCUT2D eigenvalue weighted by atomic mass is 10.0. The van der Waals surface area contributed by atoms with E-state index in [0.29, 0.717) is 0 Å². The molecule has 2 aromatic rings. The summed E-state index contributed by atoms with van der Waals surface area (Å²) < 4.78 is 7.51. The minimum atomic E-state index is 0.160. The van der Waals surface area contributed by atoms with Gasteiger partial charge in [0.2, 0.25) is 0 Å². The van der Waals surface area contributed by atoms with E-state index in [1.165, 1.54) is 0 Å². The summed E-state index contributed by atoms with van der Waals surface area (Å²) in [6.07, 6.45) is 1.93. The summed E-state index contributed by atoms with van der Waals surface area (Å²) in [7, 11) is 1.70. The number of hydrogen-bond acceptors (Lipinski definition) is 3. The van der Waals surface area contributed by atoms with Crippen LogP contribution in [0.4, 0.5) is 5.69 Å². The largest absolute Gasteiger partial charge is 0.496 e. The fourth-order valence-corrected chi connectivity index (χ4v) is 3.74. The van der Waals surface area contributed by atoms with Crippen molar-refractivity contribution in [1.82, 2.24) is 0 Å². The summed E-state index contributed by atoms with van der Waals surface area (Å²) in [6.45, 7) is 0. The van der Waals surface area contributed by atoms with Crippen LogP contribution in [0.15, 0.2) is 56.4 Å². The molecule has 0 spiro atoms. The summed E-state index contributed by atoms with van der Waals surface area (Å²) in [6, 6.07) is 14.3. The van der Waals surface area contributed by atoms with Crippen LogP contribution in [-0.2, 0) is 0 Å². The van der Waals surface area contributed by atoms with Crippen molar-refractivity contribution in [1.29, 1.82) is 0 Å². The van der Waals surface area contributed by atoms with Gasteiger partial charge >= 0.3 is 0 Å². The Kier molecular flexibility index (Phi) is 4.84. The van der Waals surface area contributed by atoms with Gasteiger partial charge in [-0.25, -0.2) is 0 Å². The average molecular weight is 424 g/mol. The van der Waals surface area contributed by atoms with E-state index < -0.39 is 0 Å². The topological polar surface area (TPSA) is 33.6 Å². The molecule has 0 saturated heterocycles. The molecule has 1 aliphatic heterocycles. The van der Waals surface area contributed by atoms with E-state index in [1.807, 2.05) is 36.4 Å². The number of rotatable bonds is 3. The van der Waals surface area contributed by atoms with Gasteiger partial charge in [0.05, 0.1) is 18.8 Å². The molecule has 0 aromatic heterocycles. The summed E-state index contributed by atoms with van der Waals surface area (Å²) in [5.74, 6) is 1.92. The van der Waals surface area contributed by atoms with Gasteiger partial charge in [-0.15, -0.1) is 0 Å². The van der Waals surface area contributed by atoms with E-state index in [4.69, 9.17) is 9.73 Å². The molecule has 1 aliphatic rings. The van der Waals surface area contributed by atoms with Gasteiger partial charge in [-0.3, -0.25) is 4.99 Å². The minimum absolute atomic E-state index is 0.160. The molecule has 1 unspecified atom stereocenters. The summed E-state index contributed by atoms with van der Waals surface area (Å²) in [5.41, 5.74) is 2.18. The maximum Gasteiger partial charge on any atom is 0.124 e. The van der Waals surface area contributed by atoms with E-state index in [2.05, 4.69) is 43.2 Å². The molecule has 3 nitrogen and oxygen atoms in total. The second-order valence-electron chi connectivity index (χ2n) is 5.12. The Labute approximate surface area is 147 Å². The molecule has 0 aliphatic carbocycles. The molecular weight excluding hydrogens is 408 g/mol. The summed E-state index contributed by atoms with van der Waals surface area (Å²) >= 11 is 7.03. The molecule has 3 rings (SSSR count). The van der Waals surface area contributed by atoms with Gasteiger partial charge in [0.25, 0.3) is 0 Å². The van der Waals surface area contributed by atoms with Gasteiger partial charge in [0.1, 0.15) is 11.6 Å². The van der Waals surface area contributed by atoms with Gasteiger partial charge in [-0.05, 0) is 46.6 Å². The van der Waals surface area contributed by atoms with Crippen LogP contribution < -0.4 is 10.1 Å². The Morgan fingerprint density at radius 2 is 2.00 bits per heavy atom. The van der Waals surface area contributed by atoms with Crippen LogP contribution >= 0.6 is 31.9 Å². The predicted molar refractivity (Wildman–Crippen MR) is 97.9 cm³/mol. The maximum atomic E-state index is 5.44. The summed E-state index contributed by atoms with van der Waals surface area (Å²) in [4.78, 5) is 4.82. The van der Waals surface area contributed by atoms with Crippen molar-refractivity contribution >= 4 is 43.4 Å². The fraction of sp³-hybridized carbons (Fsp3) is 0.235. The molecule has 114 valence electrons. The molecule has 1 N–H and O–H groups in total. The van der Waals surface area contributed by atoms with Crippen LogP contribution in [0.25, 0.3) is 0 Å². The van der Waals surface area contributed by atoms with E-state index in [1.54, 1.807) is 7.11 Å². The lowest BCUT2D eigenvalue weighted by Gasteiger charge is -2.11. The minimum Gasteiger partial charge on any atom is -0.496 e. The van der Waals surface area contributed by atoms with Crippen LogP contribution in [0.1, 0.15) is 24.4 Å². The van der Waals surface area contributed by atoms with Crippen LogP contribution in [0, 0.1) is 0 Å². The van der Waals surface area contributed by atoms with Crippen LogP contribution in [-0.4, -0.2) is 12.9 Å². The highest BCUT2D eigenvalue weighted by Crippen LogP contribution is 2.35. The molecule has 0 amide bonds. The number of benzene rings is 2. The second kappa shape index (κ2) is 6.84. The van der Waals surface area contributed by atoms with E-state index in [-0.39, 0.29) is 6.04 Å². The number of amidine groups is 1. The third-order valence-electron chi connectivity index (χ3n) is 3.67. The Morgan fingerprint density at radius 3 is 2.77 bits per heavy atom. The highest BCUT2D eigenvalue weighted by Gasteiger charge is 2.22. The molecule has 0 fully saturated rings. The number of anilines is 1. The van der Waals surface area contributed by atoms with Gasteiger partial charge in [-0.2, -0.15) is 0 Å². The SMILES string of the molecule is COc1ccccc1C1CCC(Nc2ccc(Br)cc2Br)=N1. The number of halogens is 2. The average Bonchev–Trinajstić information content (AvgIpc) is 2.98. The third kappa shape index (κ3) is 3.36. The van der Waals surface area contributed by atoms with Gasteiger partial charge in [0.15, 0.2) is 0 Å². The first-order valence-electron chi connectivity index (χ1n) is 7.09. The van der Waals surface area contributed by atoms with E-state index in [9.17, 15) is 0 Å². The number of aliphatic imine (C=N–C) groups is 1. The van der Waals surface area contributed by atoms with Crippen molar-refractivity contribution in [3.63, 3.8) is 0 Å². The molecule has 1 atom stereocenters. The zero-order chi connectivity index (χ0) is 15.5. The standard InChI is InChI=1S/C17H16Br2N2O/c1-22-16-5-3-2-4-12(16)14-8-9-17(20-14)21-15-7-6-11(18)10-13(15)19/h2-7,10,14H,8-9H2,1H3,(H,20,21). The molecule has 2 aromatic carbocycles. The maximum absolute atomic E-state index is 5.44. The zero-order valence-corrected chi connectivity index (χ0v) is 15.3. The first kappa shape index (κ1) is 15.6. The van der Waals surface area contributed by atoms with Crippen LogP contribution in [0.2, 0.25) is 0 Å². The van der Waals surface area contributed by atoms with Crippen molar-refractivity contribution in [3.8, 4) is 5.75 Å². The Hall–Kier alpha value is -1.33. The van der Waals surface area contributed by atoms with Gasteiger partial charge in [-0.1, -0.05) is 34.1 Å². The Morgan fingerprint density at radius 1 is 1.18 bits per heavy atom. The lowest BCUT2D eigenvalue weighted by Crippen LogP contribution is -2.08. The number of para-hydroxylation sites is 1. The van der Waals surface area contributed by atoms with Crippen LogP contribution in [0.5, 0.6) is 5.75 Å². The number of methoxy groups -OCH3 is 1. The monoisotopic (exact) mass is 422 g/mol. The van der Waals surface area contributed by atoms with Crippen molar-refractivity contribution in [3.05, 3.63) is 57.0 Å². The van der Waals surface area contributed by atoms with Crippen molar-refractivity contribution in [2.24, 2.45) is 4.99 Å². The first-order chi connectivity index (χ1) is 10.7. The fourth-order valence-electron chi connectivity index (χ4n) is 2.60. The zero-order valence-electron chi connectivity index (χ0n) is 12.1. The molecule has 22 heavy (non-hydrogen) atoms. The van der Waals surface area contributed by atoms with Crippen molar-refractivity contribution in [2.45, 2.75) is 18.9 Å². The number of nitrogens with one attached hydrogen (secondary N) is 1. The first-order valence-corrected chi connectivity index (χ1v) is 8.67. The third-order valence-corrected chi connectivity index (χ3v) is 4.82. The highest BCUT2D eigenvalue weighted by atomic mass is 79.9. The molecule has 0 saturated carbocycles. The Balaban J connectivity index is 1.79. The number of ether oxygens (including phenoxy) is 1. The van der Waals surface area contributed by atoms with E-state index in [0.717, 1.165) is 44.6 Å². The molecule has 0 bridgehead atoms. The quantitative estimate of drug-likeness (QED) is 0.700. The van der Waals surface area contributed by atoms with Crippen molar-refractivity contribution in [2.75, 3.05) is 12.4 Å². The smallest absolute Gasteiger partial charge is 0.124 e. The molecule has 0 radical (unpaired) electrons. The molecule has 1 heterocycles. The normalized spacial score (nSPS) is 17.2. The highest BCUT2D eigenvalue weighted by molar-refractivity contribution is 9.11. The van der Waals surface area contributed by atoms with Gasteiger partial charge in [0, 0.05) is 20.9 Å². The van der Waals surface area contributed by atoms with Crippen LogP contribution in [0.3, 0.4) is 0 Å². The van der Waals surface area contributed by atoms with Crippen molar-refractivity contribution < 1.29 is 4.74 Å². The molecular formula is C17H16Br2N2O. The molecule has 5 heteroatoms. The Bertz CT molecular complexity index is 716. The lowest BCUT2D eigenvalue weighted by molar-refractivity contribution is 0.405. The number of hydrogen-bond donors (Lipinski definition) is 1. The summed E-state index contributed by atoms with van der Waals surface area (Å²) in [5, 5.41) is 3.42.